The van der Waals surface area contributed by atoms with E-state index in [4.69, 9.17) is 12.2 Å². The molecule has 27 heavy (non-hydrogen) atoms. The van der Waals surface area contributed by atoms with Gasteiger partial charge in [-0.05, 0) is 42.4 Å². The molecule has 0 spiro atoms. The van der Waals surface area contributed by atoms with Gasteiger partial charge in [-0.15, -0.1) is 0 Å². The second kappa shape index (κ2) is 7.96. The molecular weight excluding hydrogens is 364 g/mol. The van der Waals surface area contributed by atoms with Gasteiger partial charge < -0.3 is 16.0 Å². The first-order chi connectivity index (χ1) is 13.0. The zero-order valence-electron chi connectivity index (χ0n) is 14.6. The molecule has 0 saturated carbocycles. The summed E-state index contributed by atoms with van der Waals surface area (Å²) < 4.78 is 0. The minimum atomic E-state index is -0.490. The molecule has 2 aromatic rings. The minimum Gasteiger partial charge on any atom is -0.351 e. The van der Waals surface area contributed by atoms with E-state index in [1.165, 1.54) is 12.1 Å². The number of rotatable bonds is 5. The number of hydrogen-bond acceptors (Lipinski definition) is 4. The molecule has 0 bridgehead atoms. The predicted molar refractivity (Wildman–Crippen MR) is 106 cm³/mol. The SMILES string of the molecule is CC1=C(C(=O)NCc2ccccc2)[C@@H](c2ccc([N+](=O)[O-])cc2)NC(=S)N1. The Morgan fingerprint density at radius 3 is 2.48 bits per heavy atom. The Morgan fingerprint density at radius 2 is 1.85 bits per heavy atom. The van der Waals surface area contributed by atoms with Crippen LogP contribution in [0.3, 0.4) is 0 Å². The standard InChI is InChI=1S/C19H18N4O3S/c1-12-16(18(24)20-11-13-5-3-2-4-6-13)17(22-19(27)21-12)14-7-9-15(10-8-14)23(25)26/h2-10,17H,11H2,1H3,(H,20,24)(H2,21,22,27)/t17-/m1/s1. The van der Waals surface area contributed by atoms with Crippen molar-refractivity contribution in [3.05, 3.63) is 87.1 Å². The van der Waals surface area contributed by atoms with Gasteiger partial charge in [0.1, 0.15) is 0 Å². The quantitative estimate of drug-likeness (QED) is 0.418. The molecule has 2 aromatic carbocycles. The van der Waals surface area contributed by atoms with Crippen LogP contribution in [0.4, 0.5) is 5.69 Å². The van der Waals surface area contributed by atoms with Gasteiger partial charge in [-0.25, -0.2) is 0 Å². The van der Waals surface area contributed by atoms with Gasteiger partial charge in [0.25, 0.3) is 11.6 Å². The molecule has 0 fully saturated rings. The van der Waals surface area contributed by atoms with Crippen LogP contribution in [0.2, 0.25) is 0 Å². The number of non-ortho nitro benzene ring substituents is 1. The Balaban J connectivity index is 1.85. The summed E-state index contributed by atoms with van der Waals surface area (Å²) in [6.45, 7) is 2.18. The van der Waals surface area contributed by atoms with Gasteiger partial charge in [-0.3, -0.25) is 14.9 Å². The monoisotopic (exact) mass is 382 g/mol. The molecule has 0 saturated heterocycles. The zero-order valence-corrected chi connectivity index (χ0v) is 15.4. The molecule has 0 aromatic heterocycles. The lowest BCUT2D eigenvalue weighted by molar-refractivity contribution is -0.384. The Bertz CT molecular complexity index is 910. The van der Waals surface area contributed by atoms with E-state index in [-0.39, 0.29) is 11.6 Å². The summed E-state index contributed by atoms with van der Waals surface area (Å²) in [5.41, 5.74) is 2.84. The molecule has 0 aliphatic carbocycles. The highest BCUT2D eigenvalue weighted by molar-refractivity contribution is 7.80. The number of nitro benzene ring substituents is 1. The fraction of sp³-hybridized carbons (Fsp3) is 0.158. The lowest BCUT2D eigenvalue weighted by Crippen LogP contribution is -2.46. The third-order valence-electron chi connectivity index (χ3n) is 4.25. The first kappa shape index (κ1) is 18.5. The molecule has 1 amide bonds. The van der Waals surface area contributed by atoms with E-state index >= 15 is 0 Å². The van der Waals surface area contributed by atoms with Crippen LogP contribution < -0.4 is 16.0 Å². The van der Waals surface area contributed by atoms with Crippen molar-refractivity contribution in [2.45, 2.75) is 19.5 Å². The minimum absolute atomic E-state index is 0.00829. The van der Waals surface area contributed by atoms with Gasteiger partial charge in [-0.2, -0.15) is 0 Å². The Hall–Kier alpha value is -3.26. The van der Waals surface area contributed by atoms with E-state index in [0.717, 1.165) is 5.56 Å². The fourth-order valence-corrected chi connectivity index (χ4v) is 3.18. The molecule has 0 unspecified atom stereocenters. The van der Waals surface area contributed by atoms with E-state index in [2.05, 4.69) is 16.0 Å². The summed E-state index contributed by atoms with van der Waals surface area (Å²) in [4.78, 5) is 23.3. The molecule has 3 rings (SSSR count). The van der Waals surface area contributed by atoms with Gasteiger partial charge >= 0.3 is 0 Å². The van der Waals surface area contributed by atoms with Crippen molar-refractivity contribution < 1.29 is 9.72 Å². The van der Waals surface area contributed by atoms with Crippen LogP contribution in [-0.4, -0.2) is 15.9 Å². The molecule has 1 aliphatic rings. The highest BCUT2D eigenvalue weighted by atomic mass is 32.1. The van der Waals surface area contributed by atoms with Crippen LogP contribution in [0.25, 0.3) is 0 Å². The van der Waals surface area contributed by atoms with Crippen LogP contribution in [0.15, 0.2) is 65.9 Å². The van der Waals surface area contributed by atoms with Crippen LogP contribution in [0.1, 0.15) is 24.1 Å². The van der Waals surface area contributed by atoms with Crippen LogP contribution in [0.5, 0.6) is 0 Å². The van der Waals surface area contributed by atoms with Crippen LogP contribution in [0, 0.1) is 10.1 Å². The highest BCUT2D eigenvalue weighted by Crippen LogP contribution is 2.28. The van der Waals surface area contributed by atoms with E-state index in [1.54, 1.807) is 19.1 Å². The summed E-state index contributed by atoms with van der Waals surface area (Å²) in [6.07, 6.45) is 0. The average Bonchev–Trinajstić information content (AvgIpc) is 2.66. The van der Waals surface area contributed by atoms with Gasteiger partial charge in [0, 0.05) is 24.4 Å². The third kappa shape index (κ3) is 4.29. The number of nitrogens with one attached hydrogen (secondary N) is 3. The van der Waals surface area contributed by atoms with Crippen molar-refractivity contribution in [2.24, 2.45) is 0 Å². The number of carbonyl (C=O) groups excluding carboxylic acids is 1. The fourth-order valence-electron chi connectivity index (χ4n) is 2.91. The number of hydrogen-bond donors (Lipinski definition) is 3. The molecule has 1 heterocycles. The zero-order chi connectivity index (χ0) is 19.4. The number of carbonyl (C=O) groups is 1. The van der Waals surface area contributed by atoms with Crippen molar-refractivity contribution in [3.8, 4) is 0 Å². The number of thiocarbonyl (C=S) groups is 1. The number of benzene rings is 2. The maximum absolute atomic E-state index is 12.8. The number of nitrogens with zero attached hydrogens (tertiary/aromatic N) is 1. The lowest BCUT2D eigenvalue weighted by atomic mass is 9.94. The topological polar surface area (TPSA) is 96.3 Å². The van der Waals surface area contributed by atoms with E-state index in [9.17, 15) is 14.9 Å². The van der Waals surface area contributed by atoms with Crippen LogP contribution in [-0.2, 0) is 11.3 Å². The molecule has 138 valence electrons. The van der Waals surface area contributed by atoms with Crippen LogP contribution >= 0.6 is 12.2 Å². The molecule has 7 nitrogen and oxygen atoms in total. The van der Waals surface area contributed by atoms with Gasteiger partial charge in [0.05, 0.1) is 16.5 Å². The molecular formula is C19H18N4O3S. The molecule has 8 heteroatoms. The Kier molecular flexibility index (Phi) is 5.46. The van der Waals surface area contributed by atoms with E-state index in [0.29, 0.717) is 28.5 Å². The largest absolute Gasteiger partial charge is 0.351 e. The third-order valence-corrected chi connectivity index (χ3v) is 4.47. The summed E-state index contributed by atoms with van der Waals surface area (Å²) in [5, 5.41) is 20.2. The lowest BCUT2D eigenvalue weighted by Gasteiger charge is -2.30. The maximum Gasteiger partial charge on any atom is 0.269 e. The van der Waals surface area contributed by atoms with Crippen molar-refractivity contribution in [3.63, 3.8) is 0 Å². The van der Waals surface area contributed by atoms with Gasteiger partial charge in [0.2, 0.25) is 0 Å². The smallest absolute Gasteiger partial charge is 0.269 e. The number of allylic oxidation sites excluding steroid dienone is 1. The summed E-state index contributed by atoms with van der Waals surface area (Å²) in [6, 6.07) is 15.2. The summed E-state index contributed by atoms with van der Waals surface area (Å²) >= 11 is 5.21. The second-order valence-electron chi connectivity index (χ2n) is 6.09. The number of amides is 1. The van der Waals surface area contributed by atoms with Gasteiger partial charge in [0.15, 0.2) is 5.11 Å². The average molecular weight is 382 g/mol. The highest BCUT2D eigenvalue weighted by Gasteiger charge is 2.30. The number of nitro groups is 1. The van der Waals surface area contributed by atoms with Crippen molar-refractivity contribution in [1.82, 2.24) is 16.0 Å². The first-order valence-corrected chi connectivity index (χ1v) is 8.71. The second-order valence-corrected chi connectivity index (χ2v) is 6.50. The van der Waals surface area contributed by atoms with Crippen molar-refractivity contribution in [2.75, 3.05) is 0 Å². The molecule has 0 radical (unpaired) electrons. The summed E-state index contributed by atoms with van der Waals surface area (Å²) in [7, 11) is 0. The predicted octanol–water partition coefficient (Wildman–Crippen LogP) is 2.70. The van der Waals surface area contributed by atoms with E-state index < -0.39 is 11.0 Å². The summed E-state index contributed by atoms with van der Waals surface area (Å²) in [5.74, 6) is -0.234. The molecule has 1 atom stereocenters. The Labute approximate surface area is 161 Å². The normalized spacial score (nSPS) is 16.3. The first-order valence-electron chi connectivity index (χ1n) is 8.30. The van der Waals surface area contributed by atoms with Crippen molar-refractivity contribution >= 4 is 28.9 Å². The van der Waals surface area contributed by atoms with Gasteiger partial charge in [-0.1, -0.05) is 30.3 Å². The Morgan fingerprint density at radius 1 is 1.19 bits per heavy atom. The van der Waals surface area contributed by atoms with Crippen molar-refractivity contribution in [1.29, 1.82) is 0 Å². The maximum atomic E-state index is 12.8. The molecule has 3 N–H and O–H groups in total. The molecule has 1 aliphatic heterocycles. The van der Waals surface area contributed by atoms with E-state index in [1.807, 2.05) is 30.3 Å².